The second-order valence-electron chi connectivity index (χ2n) is 6.13. The Bertz CT molecular complexity index is 896. The minimum absolute atomic E-state index is 0.0411. The van der Waals surface area contributed by atoms with Crippen LogP contribution < -0.4 is 4.74 Å². The average Bonchev–Trinajstić information content (AvgIpc) is 3.27. The molecule has 2 heterocycles. The number of ether oxygens (including phenoxy) is 1. The lowest BCUT2D eigenvalue weighted by atomic mass is 10.2. The highest BCUT2D eigenvalue weighted by atomic mass is 32.2. The van der Waals surface area contributed by atoms with Crippen molar-refractivity contribution in [3.63, 3.8) is 0 Å². The number of carbonyl (C=O) groups is 1. The second kappa shape index (κ2) is 8.30. The van der Waals surface area contributed by atoms with Crippen LogP contribution in [-0.2, 0) is 14.6 Å². The van der Waals surface area contributed by atoms with Crippen LogP contribution in [0.5, 0.6) is 5.75 Å². The van der Waals surface area contributed by atoms with E-state index in [1.54, 1.807) is 24.1 Å². The number of hydrogen-bond donors (Lipinski definition) is 0. The molecular formula is C17H21N3O5S2. The van der Waals surface area contributed by atoms with E-state index in [-0.39, 0.29) is 29.2 Å². The molecule has 1 aromatic heterocycles. The van der Waals surface area contributed by atoms with Gasteiger partial charge in [-0.15, -0.1) is 10.2 Å². The summed E-state index contributed by atoms with van der Waals surface area (Å²) >= 11 is 1.15. The zero-order chi connectivity index (χ0) is 19.4. The summed E-state index contributed by atoms with van der Waals surface area (Å²) in [5, 5.41) is 8.26. The maximum atomic E-state index is 12.5. The van der Waals surface area contributed by atoms with Crippen molar-refractivity contribution in [2.24, 2.45) is 0 Å². The SMILES string of the molecule is CCN(C(=O)CSc1nnc(-c2ccc(OC)cc2)o1)C1CCS(=O)(=O)C1. The van der Waals surface area contributed by atoms with Gasteiger partial charge in [0, 0.05) is 18.2 Å². The van der Waals surface area contributed by atoms with E-state index in [0.29, 0.717) is 24.1 Å². The average molecular weight is 412 g/mol. The third kappa shape index (κ3) is 4.81. The minimum Gasteiger partial charge on any atom is -0.497 e. The first-order valence-electron chi connectivity index (χ1n) is 8.52. The molecule has 1 aromatic carbocycles. The van der Waals surface area contributed by atoms with E-state index in [9.17, 15) is 13.2 Å². The van der Waals surface area contributed by atoms with Crippen LogP contribution in [0.3, 0.4) is 0 Å². The Morgan fingerprint density at radius 1 is 1.33 bits per heavy atom. The maximum absolute atomic E-state index is 12.5. The van der Waals surface area contributed by atoms with Crippen molar-refractivity contribution >= 4 is 27.5 Å². The molecule has 0 aliphatic carbocycles. The Labute approximate surface area is 162 Å². The number of amides is 1. The largest absolute Gasteiger partial charge is 0.497 e. The van der Waals surface area contributed by atoms with Gasteiger partial charge in [0.15, 0.2) is 9.84 Å². The number of nitrogens with zero attached hydrogens (tertiary/aromatic N) is 3. The summed E-state index contributed by atoms with van der Waals surface area (Å²) in [5.41, 5.74) is 0.757. The monoisotopic (exact) mass is 411 g/mol. The van der Waals surface area contributed by atoms with Crippen LogP contribution in [0.2, 0.25) is 0 Å². The van der Waals surface area contributed by atoms with Crippen LogP contribution in [0.1, 0.15) is 13.3 Å². The van der Waals surface area contributed by atoms with Gasteiger partial charge < -0.3 is 14.1 Å². The normalized spacial score (nSPS) is 18.4. The van der Waals surface area contributed by atoms with Gasteiger partial charge in [-0.25, -0.2) is 8.42 Å². The van der Waals surface area contributed by atoms with Crippen molar-refractivity contribution in [1.82, 2.24) is 15.1 Å². The molecule has 1 aliphatic heterocycles. The maximum Gasteiger partial charge on any atom is 0.277 e. The minimum atomic E-state index is -3.03. The van der Waals surface area contributed by atoms with Gasteiger partial charge in [0.1, 0.15) is 5.75 Å². The number of thioether (sulfide) groups is 1. The molecule has 1 unspecified atom stereocenters. The Morgan fingerprint density at radius 3 is 2.67 bits per heavy atom. The Balaban J connectivity index is 1.59. The summed E-state index contributed by atoms with van der Waals surface area (Å²) in [6.07, 6.45) is 0.495. The standard InChI is InChI=1S/C17H21N3O5S2/c1-3-20(13-8-9-27(22,23)11-13)15(21)10-26-17-19-18-16(25-17)12-4-6-14(24-2)7-5-12/h4-7,13H,3,8-11H2,1-2H3. The fourth-order valence-corrected chi connectivity index (χ4v) is 5.36. The molecule has 1 fully saturated rings. The molecule has 10 heteroatoms. The predicted octanol–water partition coefficient (Wildman–Crippen LogP) is 1.87. The molecule has 1 aliphatic rings. The first-order chi connectivity index (χ1) is 12.9. The van der Waals surface area contributed by atoms with Crippen LogP contribution in [-0.4, -0.2) is 66.4 Å². The Kier molecular flexibility index (Phi) is 6.05. The molecule has 3 rings (SSSR count). The highest BCUT2D eigenvalue weighted by molar-refractivity contribution is 7.99. The zero-order valence-corrected chi connectivity index (χ0v) is 16.8. The van der Waals surface area contributed by atoms with E-state index in [1.165, 1.54) is 0 Å². The van der Waals surface area contributed by atoms with Crippen molar-refractivity contribution in [2.45, 2.75) is 24.6 Å². The van der Waals surface area contributed by atoms with Crippen LogP contribution in [0.15, 0.2) is 33.9 Å². The predicted molar refractivity (Wildman–Crippen MR) is 101 cm³/mol. The van der Waals surface area contributed by atoms with Gasteiger partial charge in [0.2, 0.25) is 11.8 Å². The summed E-state index contributed by atoms with van der Waals surface area (Å²) in [6.45, 7) is 2.32. The van der Waals surface area contributed by atoms with Gasteiger partial charge >= 0.3 is 0 Å². The molecule has 27 heavy (non-hydrogen) atoms. The quantitative estimate of drug-likeness (QED) is 0.636. The number of carbonyl (C=O) groups excluding carboxylic acids is 1. The molecule has 1 saturated heterocycles. The van der Waals surface area contributed by atoms with Crippen LogP contribution in [0.4, 0.5) is 0 Å². The molecule has 2 aromatic rings. The fourth-order valence-electron chi connectivity index (χ4n) is 2.98. The number of benzene rings is 1. The van der Waals surface area contributed by atoms with E-state index in [1.807, 2.05) is 19.1 Å². The fraction of sp³-hybridized carbons (Fsp3) is 0.471. The van der Waals surface area contributed by atoms with Gasteiger partial charge in [-0.2, -0.15) is 0 Å². The molecule has 146 valence electrons. The Morgan fingerprint density at radius 2 is 2.07 bits per heavy atom. The Hall–Kier alpha value is -2.07. The number of rotatable bonds is 7. The van der Waals surface area contributed by atoms with Gasteiger partial charge in [-0.3, -0.25) is 4.79 Å². The van der Waals surface area contributed by atoms with Crippen molar-refractivity contribution in [3.8, 4) is 17.2 Å². The van der Waals surface area contributed by atoms with Crippen molar-refractivity contribution in [3.05, 3.63) is 24.3 Å². The summed E-state index contributed by atoms with van der Waals surface area (Å²) < 4.78 is 34.0. The van der Waals surface area contributed by atoms with E-state index in [2.05, 4.69) is 10.2 Å². The van der Waals surface area contributed by atoms with Gasteiger partial charge in [-0.05, 0) is 37.6 Å². The van der Waals surface area contributed by atoms with Crippen LogP contribution >= 0.6 is 11.8 Å². The van der Waals surface area contributed by atoms with Gasteiger partial charge in [-0.1, -0.05) is 11.8 Å². The summed E-state index contributed by atoms with van der Waals surface area (Å²) in [5.74, 6) is 1.26. The lowest BCUT2D eigenvalue weighted by Crippen LogP contribution is -2.41. The van der Waals surface area contributed by atoms with Crippen LogP contribution in [0.25, 0.3) is 11.5 Å². The lowest BCUT2D eigenvalue weighted by molar-refractivity contribution is -0.129. The van der Waals surface area contributed by atoms with Gasteiger partial charge in [0.05, 0.1) is 24.4 Å². The highest BCUT2D eigenvalue weighted by Gasteiger charge is 2.33. The lowest BCUT2D eigenvalue weighted by Gasteiger charge is -2.26. The molecule has 8 nitrogen and oxygen atoms in total. The van der Waals surface area contributed by atoms with Crippen molar-refractivity contribution < 1.29 is 22.4 Å². The molecule has 0 saturated carbocycles. The van der Waals surface area contributed by atoms with E-state index >= 15 is 0 Å². The zero-order valence-electron chi connectivity index (χ0n) is 15.1. The molecule has 1 amide bonds. The highest BCUT2D eigenvalue weighted by Crippen LogP contribution is 2.26. The topological polar surface area (TPSA) is 103 Å². The number of methoxy groups -OCH3 is 1. The van der Waals surface area contributed by atoms with Crippen molar-refractivity contribution in [1.29, 1.82) is 0 Å². The van der Waals surface area contributed by atoms with Gasteiger partial charge in [0.25, 0.3) is 5.22 Å². The number of aromatic nitrogens is 2. The third-order valence-electron chi connectivity index (χ3n) is 4.37. The summed E-state index contributed by atoms with van der Waals surface area (Å²) in [7, 11) is -1.44. The third-order valence-corrected chi connectivity index (χ3v) is 6.93. The molecular weight excluding hydrogens is 390 g/mol. The van der Waals surface area contributed by atoms with E-state index < -0.39 is 9.84 Å². The smallest absolute Gasteiger partial charge is 0.277 e. The number of hydrogen-bond acceptors (Lipinski definition) is 8. The molecule has 0 spiro atoms. The van der Waals surface area contributed by atoms with Crippen LogP contribution in [0, 0.1) is 0 Å². The first kappa shape index (κ1) is 19.7. The molecule has 0 N–H and O–H groups in total. The van der Waals surface area contributed by atoms with E-state index in [0.717, 1.165) is 23.1 Å². The van der Waals surface area contributed by atoms with E-state index in [4.69, 9.17) is 9.15 Å². The first-order valence-corrected chi connectivity index (χ1v) is 11.3. The molecule has 0 radical (unpaired) electrons. The molecule has 0 bridgehead atoms. The second-order valence-corrected chi connectivity index (χ2v) is 9.28. The summed E-state index contributed by atoms with van der Waals surface area (Å²) in [6, 6.07) is 6.97. The number of sulfone groups is 1. The molecule has 1 atom stereocenters. The van der Waals surface area contributed by atoms with Crippen molar-refractivity contribution in [2.75, 3.05) is 30.9 Å². The summed E-state index contributed by atoms with van der Waals surface area (Å²) in [4.78, 5) is 14.1.